The van der Waals surface area contributed by atoms with Gasteiger partial charge in [-0.2, -0.15) is 0 Å². The molecule has 0 saturated carbocycles. The molecule has 1 aliphatic heterocycles. The lowest BCUT2D eigenvalue weighted by molar-refractivity contribution is -0.167. The van der Waals surface area contributed by atoms with Gasteiger partial charge in [0.15, 0.2) is 5.92 Å². The molecular weight excluding hydrogens is 316 g/mol. The first kappa shape index (κ1) is 17.2. The third-order valence-electron chi connectivity index (χ3n) is 4.25. The molecule has 0 aliphatic carbocycles. The number of benzene rings is 2. The van der Waals surface area contributed by atoms with Crippen molar-refractivity contribution < 1.29 is 19.1 Å². The van der Waals surface area contributed by atoms with Crippen LogP contribution in [0.2, 0.25) is 0 Å². The van der Waals surface area contributed by atoms with Gasteiger partial charge in [-0.15, -0.1) is 6.58 Å². The summed E-state index contributed by atoms with van der Waals surface area (Å²) in [6.07, 6.45) is 2.21. The maximum Gasteiger partial charge on any atom is 0.326 e. The number of allylic oxidation sites excluding steroid dienone is 1. The Hall–Kier alpha value is -2.62. The van der Waals surface area contributed by atoms with Gasteiger partial charge in [0, 0.05) is 11.5 Å². The second-order valence-corrected chi connectivity index (χ2v) is 7.26. The van der Waals surface area contributed by atoms with E-state index in [2.05, 4.69) is 6.58 Å². The molecule has 0 saturated heterocycles. The molecule has 0 bridgehead atoms. The minimum Gasteiger partial charge on any atom is -0.459 e. The molecule has 0 radical (unpaired) electrons. The highest BCUT2D eigenvalue weighted by molar-refractivity contribution is 6.01. The van der Waals surface area contributed by atoms with Crippen LogP contribution in [0.5, 0.6) is 5.75 Å². The summed E-state index contributed by atoms with van der Waals surface area (Å²) in [5, 5.41) is 2.02. The van der Waals surface area contributed by atoms with Gasteiger partial charge >= 0.3 is 11.9 Å². The van der Waals surface area contributed by atoms with Crippen molar-refractivity contribution in [1.29, 1.82) is 0 Å². The van der Waals surface area contributed by atoms with Gasteiger partial charge in [0.25, 0.3) is 0 Å². The summed E-state index contributed by atoms with van der Waals surface area (Å²) in [7, 11) is 0. The van der Waals surface area contributed by atoms with E-state index in [-0.39, 0.29) is 5.92 Å². The van der Waals surface area contributed by atoms with Crippen LogP contribution in [0, 0.1) is 5.92 Å². The molecule has 130 valence electrons. The smallest absolute Gasteiger partial charge is 0.326 e. The van der Waals surface area contributed by atoms with Crippen molar-refractivity contribution in [1.82, 2.24) is 0 Å². The highest BCUT2D eigenvalue weighted by Crippen LogP contribution is 2.44. The van der Waals surface area contributed by atoms with Gasteiger partial charge in [0.1, 0.15) is 11.4 Å². The highest BCUT2D eigenvalue weighted by Gasteiger charge is 2.44. The summed E-state index contributed by atoms with van der Waals surface area (Å²) < 4.78 is 11.0. The van der Waals surface area contributed by atoms with E-state index in [1.165, 1.54) is 0 Å². The second kappa shape index (κ2) is 6.36. The first-order chi connectivity index (χ1) is 11.8. The monoisotopic (exact) mass is 338 g/mol. The molecule has 2 aromatic carbocycles. The number of rotatable bonds is 3. The molecule has 0 aromatic heterocycles. The summed E-state index contributed by atoms with van der Waals surface area (Å²) in [5.74, 6) is -1.95. The van der Waals surface area contributed by atoms with Crippen molar-refractivity contribution >= 4 is 22.7 Å². The number of esters is 2. The van der Waals surface area contributed by atoms with E-state index in [0.717, 1.165) is 16.3 Å². The summed E-state index contributed by atoms with van der Waals surface area (Å²) in [6.45, 7) is 9.14. The summed E-state index contributed by atoms with van der Waals surface area (Å²) >= 11 is 0. The van der Waals surface area contributed by atoms with Gasteiger partial charge in [0.2, 0.25) is 0 Å². The first-order valence-electron chi connectivity index (χ1n) is 8.39. The van der Waals surface area contributed by atoms with E-state index in [9.17, 15) is 9.59 Å². The van der Waals surface area contributed by atoms with Crippen LogP contribution in [0.1, 0.15) is 38.7 Å². The minimum atomic E-state index is -0.990. The molecule has 1 heterocycles. The molecule has 2 atom stereocenters. The Bertz CT molecular complexity index is 845. The van der Waals surface area contributed by atoms with Crippen LogP contribution in [0.25, 0.3) is 10.8 Å². The van der Waals surface area contributed by atoms with Crippen molar-refractivity contribution in [3.8, 4) is 5.75 Å². The molecular formula is C21H22O4. The number of fused-ring (bicyclic) bond motifs is 3. The van der Waals surface area contributed by atoms with Gasteiger partial charge in [-0.25, -0.2) is 0 Å². The van der Waals surface area contributed by atoms with Gasteiger partial charge in [-0.3, -0.25) is 9.59 Å². The van der Waals surface area contributed by atoms with Gasteiger partial charge < -0.3 is 9.47 Å². The van der Waals surface area contributed by atoms with Crippen LogP contribution in [0.3, 0.4) is 0 Å². The maximum absolute atomic E-state index is 12.7. The van der Waals surface area contributed by atoms with Crippen molar-refractivity contribution in [3.63, 3.8) is 0 Å². The lowest BCUT2D eigenvalue weighted by Crippen LogP contribution is -2.41. The lowest BCUT2D eigenvalue weighted by Gasteiger charge is -2.32. The topological polar surface area (TPSA) is 52.6 Å². The zero-order chi connectivity index (χ0) is 18.2. The Morgan fingerprint density at radius 3 is 2.64 bits per heavy atom. The van der Waals surface area contributed by atoms with Gasteiger partial charge in [-0.1, -0.05) is 36.4 Å². The van der Waals surface area contributed by atoms with Crippen LogP contribution < -0.4 is 4.74 Å². The van der Waals surface area contributed by atoms with Crippen molar-refractivity contribution in [3.05, 3.63) is 54.6 Å². The minimum absolute atomic E-state index is 0.352. The van der Waals surface area contributed by atoms with E-state index in [0.29, 0.717) is 12.2 Å². The SMILES string of the molecule is C=CC[C@@H]1c2c(ccc3ccccc23)OC(=O)C1C(=O)OC(C)(C)C. The molecule has 25 heavy (non-hydrogen) atoms. The second-order valence-electron chi connectivity index (χ2n) is 7.26. The Balaban J connectivity index is 2.14. The van der Waals surface area contributed by atoms with Crippen molar-refractivity contribution in [2.75, 3.05) is 0 Å². The number of carbonyl (C=O) groups is 2. The fourth-order valence-electron chi connectivity index (χ4n) is 3.31. The highest BCUT2D eigenvalue weighted by atomic mass is 16.6. The zero-order valence-electron chi connectivity index (χ0n) is 14.7. The first-order valence-corrected chi connectivity index (χ1v) is 8.39. The van der Waals surface area contributed by atoms with Crippen LogP contribution in [0.15, 0.2) is 49.1 Å². The molecule has 1 aliphatic rings. The fourth-order valence-corrected chi connectivity index (χ4v) is 3.31. The molecule has 2 aromatic rings. The Labute approximate surface area is 147 Å². The Morgan fingerprint density at radius 1 is 1.24 bits per heavy atom. The van der Waals surface area contributed by atoms with E-state index < -0.39 is 23.5 Å². The third-order valence-corrected chi connectivity index (χ3v) is 4.25. The van der Waals surface area contributed by atoms with Gasteiger partial charge in [0.05, 0.1) is 0 Å². The molecule has 3 rings (SSSR count). The molecule has 0 spiro atoms. The summed E-state index contributed by atoms with van der Waals surface area (Å²) in [5.41, 5.74) is 0.197. The molecule has 0 N–H and O–H groups in total. The number of ether oxygens (including phenoxy) is 2. The molecule has 4 heteroatoms. The Kier molecular flexibility index (Phi) is 4.38. The summed E-state index contributed by atoms with van der Waals surface area (Å²) in [6, 6.07) is 11.6. The van der Waals surface area contributed by atoms with Crippen molar-refractivity contribution in [2.45, 2.75) is 38.7 Å². The van der Waals surface area contributed by atoms with E-state index in [1.54, 1.807) is 32.9 Å². The van der Waals surface area contributed by atoms with E-state index >= 15 is 0 Å². The third kappa shape index (κ3) is 3.29. The zero-order valence-corrected chi connectivity index (χ0v) is 14.7. The number of carbonyl (C=O) groups excluding carboxylic acids is 2. The normalized spacial score (nSPS) is 19.9. The standard InChI is InChI=1S/C21H22O4/c1-5-8-15-17-14-10-7-6-9-13(14)11-12-16(17)24-19(22)18(15)20(23)25-21(2,3)4/h5-7,9-12,15,18H,1,8H2,2-4H3/t15-,18?/m1/s1. The van der Waals surface area contributed by atoms with Crippen LogP contribution in [-0.4, -0.2) is 17.5 Å². The van der Waals surface area contributed by atoms with Gasteiger partial charge in [-0.05, 0) is 44.0 Å². The maximum atomic E-state index is 12.7. The van der Waals surface area contributed by atoms with Crippen LogP contribution in [-0.2, 0) is 14.3 Å². The average molecular weight is 338 g/mol. The predicted molar refractivity (Wildman–Crippen MR) is 96.5 cm³/mol. The van der Waals surface area contributed by atoms with Crippen LogP contribution >= 0.6 is 0 Å². The van der Waals surface area contributed by atoms with Crippen molar-refractivity contribution in [2.24, 2.45) is 5.92 Å². The summed E-state index contributed by atoms with van der Waals surface area (Å²) in [4.78, 5) is 25.2. The Morgan fingerprint density at radius 2 is 1.96 bits per heavy atom. The molecule has 4 nitrogen and oxygen atoms in total. The quantitative estimate of drug-likeness (QED) is 0.361. The average Bonchev–Trinajstić information content (AvgIpc) is 2.52. The largest absolute Gasteiger partial charge is 0.459 e. The molecule has 1 unspecified atom stereocenters. The number of hydrogen-bond acceptors (Lipinski definition) is 4. The molecule has 0 fully saturated rings. The molecule has 0 amide bonds. The lowest BCUT2D eigenvalue weighted by atomic mass is 9.79. The van der Waals surface area contributed by atoms with E-state index in [4.69, 9.17) is 9.47 Å². The predicted octanol–water partition coefficient (Wildman–Crippen LogP) is 4.38. The van der Waals surface area contributed by atoms with E-state index in [1.807, 2.05) is 30.3 Å². The fraction of sp³-hybridized carbons (Fsp3) is 0.333. The van der Waals surface area contributed by atoms with Crippen LogP contribution in [0.4, 0.5) is 0 Å². The number of hydrogen-bond donors (Lipinski definition) is 0.